The first-order valence-electron chi connectivity index (χ1n) is 10.8. The van der Waals surface area contributed by atoms with Crippen molar-refractivity contribution in [1.82, 2.24) is 9.88 Å². The van der Waals surface area contributed by atoms with Crippen LogP contribution in [-0.2, 0) is 21.2 Å². The maximum Gasteiger partial charge on any atom is 0.501 e. The van der Waals surface area contributed by atoms with Crippen LogP contribution in [0.5, 0.6) is 5.75 Å². The fraction of sp³-hybridized carbons (Fsp3) is 0.167. The summed E-state index contributed by atoms with van der Waals surface area (Å²) in [5.41, 5.74) is -4.47. The number of methoxy groups -OCH3 is 1. The molecule has 1 aromatic heterocycles. The van der Waals surface area contributed by atoms with E-state index in [-0.39, 0.29) is 18.8 Å². The second-order valence-electron chi connectivity index (χ2n) is 8.03. The minimum absolute atomic E-state index is 0.0913. The Kier molecular flexibility index (Phi) is 7.09. The van der Waals surface area contributed by atoms with Crippen LogP contribution in [0, 0.1) is 0 Å². The number of imide groups is 1. The number of nitrogens with zero attached hydrogens (tertiary/aromatic N) is 3. The molecule has 0 unspecified atom stereocenters. The van der Waals surface area contributed by atoms with Gasteiger partial charge in [0.2, 0.25) is 0 Å². The van der Waals surface area contributed by atoms with Gasteiger partial charge in [-0.05, 0) is 60.2 Å². The first kappa shape index (κ1) is 26.6. The third-order valence-electron chi connectivity index (χ3n) is 5.62. The molecule has 4 rings (SSSR count). The third-order valence-corrected chi connectivity index (χ3v) is 7.12. The van der Waals surface area contributed by atoms with Gasteiger partial charge in [-0.25, -0.2) is 18.1 Å². The Morgan fingerprint density at radius 3 is 2.32 bits per heavy atom. The highest BCUT2D eigenvalue weighted by Gasteiger charge is 2.47. The molecule has 1 N–H and O–H groups in total. The number of sulfone groups is 1. The van der Waals surface area contributed by atoms with Gasteiger partial charge in [0.1, 0.15) is 12.3 Å². The van der Waals surface area contributed by atoms with Gasteiger partial charge in [-0.3, -0.25) is 14.6 Å². The fourth-order valence-corrected chi connectivity index (χ4v) is 4.41. The Hall–Kier alpha value is -4.46. The van der Waals surface area contributed by atoms with Crippen LogP contribution in [0.15, 0.2) is 71.9 Å². The summed E-state index contributed by atoms with van der Waals surface area (Å²) >= 11 is 0. The van der Waals surface area contributed by atoms with Crippen LogP contribution in [0.25, 0.3) is 0 Å². The van der Waals surface area contributed by atoms with Gasteiger partial charge < -0.3 is 15.0 Å². The van der Waals surface area contributed by atoms with Gasteiger partial charge in [0, 0.05) is 11.8 Å². The monoisotopic (exact) mass is 548 g/mol. The predicted molar refractivity (Wildman–Crippen MR) is 128 cm³/mol. The van der Waals surface area contributed by atoms with Crippen LogP contribution >= 0.6 is 0 Å². The van der Waals surface area contributed by atoms with Crippen molar-refractivity contribution in [2.24, 2.45) is 0 Å². The first-order valence-corrected chi connectivity index (χ1v) is 12.3. The van der Waals surface area contributed by atoms with E-state index in [1.165, 1.54) is 24.4 Å². The second kappa shape index (κ2) is 10.1. The molecule has 10 nitrogen and oxygen atoms in total. The molecule has 2 heterocycles. The Morgan fingerprint density at radius 2 is 1.71 bits per heavy atom. The number of rotatable bonds is 7. The van der Waals surface area contributed by atoms with E-state index in [0.717, 1.165) is 17.0 Å². The van der Waals surface area contributed by atoms with Crippen LogP contribution in [-0.4, -0.2) is 55.3 Å². The van der Waals surface area contributed by atoms with Crippen molar-refractivity contribution >= 4 is 39.1 Å². The number of anilines is 2. The standard InChI is InChI=1S/C24H19F3N4O6S/c1-37-18-6-2-15(3-7-18)22(33)29-20-12-28-11-10-16(20)13-30-14-21(32)31(23(30)34)17-4-8-19(9-5-17)38(35,36)24(25,26)27/h2-12H,13-14H2,1H3,(H,29,33). The van der Waals surface area contributed by atoms with Gasteiger partial charge in [0.25, 0.3) is 21.7 Å². The number of halogens is 3. The highest BCUT2D eigenvalue weighted by molar-refractivity contribution is 7.92. The summed E-state index contributed by atoms with van der Waals surface area (Å²) < 4.78 is 66.6. The highest BCUT2D eigenvalue weighted by Crippen LogP contribution is 2.32. The van der Waals surface area contributed by atoms with Crippen molar-refractivity contribution < 1.29 is 40.7 Å². The van der Waals surface area contributed by atoms with E-state index in [9.17, 15) is 36.0 Å². The minimum atomic E-state index is -5.58. The predicted octanol–water partition coefficient (Wildman–Crippen LogP) is 3.60. The number of pyridine rings is 1. The zero-order valence-electron chi connectivity index (χ0n) is 19.6. The van der Waals surface area contributed by atoms with E-state index in [2.05, 4.69) is 10.3 Å². The summed E-state index contributed by atoms with van der Waals surface area (Å²) in [7, 11) is -4.08. The largest absolute Gasteiger partial charge is 0.501 e. The SMILES string of the molecule is COc1ccc(C(=O)Nc2cnccc2CN2CC(=O)N(c3ccc(S(=O)(=O)C(F)(F)F)cc3)C2=O)cc1. The molecule has 0 aliphatic carbocycles. The number of hydrogen-bond acceptors (Lipinski definition) is 7. The van der Waals surface area contributed by atoms with Gasteiger partial charge in [-0.1, -0.05) is 0 Å². The minimum Gasteiger partial charge on any atom is -0.497 e. The lowest BCUT2D eigenvalue weighted by Gasteiger charge is -2.19. The smallest absolute Gasteiger partial charge is 0.497 e. The Balaban J connectivity index is 1.50. The summed E-state index contributed by atoms with van der Waals surface area (Å²) in [6.45, 7) is -0.446. The van der Waals surface area contributed by atoms with E-state index < -0.39 is 38.1 Å². The van der Waals surface area contributed by atoms with Crippen molar-refractivity contribution in [3.63, 3.8) is 0 Å². The number of amides is 4. The first-order chi connectivity index (χ1) is 17.9. The lowest BCUT2D eigenvalue weighted by atomic mass is 10.1. The molecule has 3 aromatic rings. The van der Waals surface area contributed by atoms with Gasteiger partial charge in [-0.2, -0.15) is 13.2 Å². The van der Waals surface area contributed by atoms with E-state index in [1.54, 1.807) is 30.3 Å². The van der Waals surface area contributed by atoms with Crippen molar-refractivity contribution in [3.8, 4) is 5.75 Å². The number of hydrogen-bond donors (Lipinski definition) is 1. The van der Waals surface area contributed by atoms with Crippen LogP contribution in [0.3, 0.4) is 0 Å². The van der Waals surface area contributed by atoms with Crippen LogP contribution in [0.4, 0.5) is 29.3 Å². The quantitative estimate of drug-likeness (QED) is 0.447. The molecule has 14 heteroatoms. The summed E-state index contributed by atoms with van der Waals surface area (Å²) in [6, 6.07) is 10.4. The number of ether oxygens (including phenoxy) is 1. The lowest BCUT2D eigenvalue weighted by molar-refractivity contribution is -0.116. The van der Waals surface area contributed by atoms with Gasteiger partial charge in [-0.15, -0.1) is 0 Å². The van der Waals surface area contributed by atoms with Gasteiger partial charge in [0.15, 0.2) is 0 Å². The Labute approximate surface area is 214 Å². The normalized spacial score (nSPS) is 14.1. The van der Waals surface area contributed by atoms with Crippen LogP contribution in [0.1, 0.15) is 15.9 Å². The van der Waals surface area contributed by atoms with Crippen LogP contribution in [0.2, 0.25) is 0 Å². The molecule has 1 fully saturated rings. The number of urea groups is 1. The molecule has 0 saturated carbocycles. The van der Waals surface area contributed by atoms with E-state index in [4.69, 9.17) is 4.74 Å². The molecule has 1 aliphatic rings. The number of aromatic nitrogens is 1. The average Bonchev–Trinajstić information content (AvgIpc) is 3.16. The number of benzene rings is 2. The van der Waals surface area contributed by atoms with E-state index in [1.807, 2.05) is 0 Å². The topological polar surface area (TPSA) is 126 Å². The summed E-state index contributed by atoms with van der Waals surface area (Å²) in [6.07, 6.45) is 2.83. The van der Waals surface area contributed by atoms with E-state index in [0.29, 0.717) is 34.7 Å². The molecule has 0 bridgehead atoms. The molecule has 2 aromatic carbocycles. The van der Waals surface area contributed by atoms with Gasteiger partial charge >= 0.3 is 11.5 Å². The molecule has 38 heavy (non-hydrogen) atoms. The van der Waals surface area contributed by atoms with Crippen molar-refractivity contribution in [1.29, 1.82) is 0 Å². The fourth-order valence-electron chi connectivity index (χ4n) is 3.65. The zero-order chi connectivity index (χ0) is 27.7. The molecule has 0 atom stereocenters. The average molecular weight is 548 g/mol. The van der Waals surface area contributed by atoms with Crippen molar-refractivity contribution in [3.05, 3.63) is 78.1 Å². The van der Waals surface area contributed by atoms with Crippen LogP contribution < -0.4 is 15.0 Å². The Morgan fingerprint density at radius 1 is 1.05 bits per heavy atom. The van der Waals surface area contributed by atoms with E-state index >= 15 is 0 Å². The number of nitrogens with one attached hydrogen (secondary N) is 1. The molecule has 0 radical (unpaired) electrons. The molecule has 4 amide bonds. The molecule has 198 valence electrons. The van der Waals surface area contributed by atoms with Crippen molar-refractivity contribution in [2.45, 2.75) is 16.9 Å². The number of carbonyl (C=O) groups excluding carboxylic acids is 3. The molecule has 1 aliphatic heterocycles. The third kappa shape index (κ3) is 5.16. The summed E-state index contributed by atoms with van der Waals surface area (Å²) in [4.78, 5) is 43.2. The molecular formula is C24H19F3N4O6S. The Bertz CT molecular complexity index is 1490. The maximum absolute atomic E-state index is 13.0. The van der Waals surface area contributed by atoms with Gasteiger partial charge in [0.05, 0.1) is 36.1 Å². The maximum atomic E-state index is 13.0. The summed E-state index contributed by atoms with van der Waals surface area (Å²) in [5.74, 6) is -0.539. The number of carbonyl (C=O) groups is 3. The highest BCUT2D eigenvalue weighted by atomic mass is 32.2. The lowest BCUT2D eigenvalue weighted by Crippen LogP contribution is -2.33. The molecular weight excluding hydrogens is 529 g/mol. The van der Waals surface area contributed by atoms with Crippen molar-refractivity contribution in [2.75, 3.05) is 23.9 Å². The number of alkyl halides is 3. The molecule has 0 spiro atoms. The zero-order valence-corrected chi connectivity index (χ0v) is 20.4. The second-order valence-corrected chi connectivity index (χ2v) is 9.97. The molecule has 1 saturated heterocycles. The summed E-state index contributed by atoms with van der Waals surface area (Å²) in [5, 5.41) is 2.71.